The van der Waals surface area contributed by atoms with Crippen molar-refractivity contribution in [3.8, 4) is 17.1 Å². The van der Waals surface area contributed by atoms with Crippen LogP contribution in [0.2, 0.25) is 0 Å². The topological polar surface area (TPSA) is 84.2 Å². The average molecular weight is 402 g/mol. The van der Waals surface area contributed by atoms with E-state index in [4.69, 9.17) is 14.2 Å². The van der Waals surface area contributed by atoms with Crippen LogP contribution >= 0.6 is 0 Å². The van der Waals surface area contributed by atoms with Crippen molar-refractivity contribution in [1.29, 1.82) is 0 Å². The lowest BCUT2D eigenvalue weighted by Crippen LogP contribution is -2.39. The van der Waals surface area contributed by atoms with Crippen LogP contribution in [-0.4, -0.2) is 46.1 Å². The van der Waals surface area contributed by atoms with Crippen molar-refractivity contribution < 1.29 is 14.1 Å². The number of carbonyl (C=O) groups excluding carboxylic acids is 1. The number of benzene rings is 2. The number of imidazole rings is 1. The van der Waals surface area contributed by atoms with Crippen molar-refractivity contribution in [3.05, 3.63) is 66.1 Å². The quantitative estimate of drug-likeness (QED) is 0.552. The molecule has 152 valence electrons. The number of fused-ring (bicyclic) bond motifs is 1. The van der Waals surface area contributed by atoms with Gasteiger partial charge in [0.1, 0.15) is 11.6 Å². The molecule has 2 aromatic heterocycles. The maximum Gasteiger partial charge on any atom is 0.276 e. The number of nitrogens with zero attached hydrogens (tertiary/aromatic N) is 3. The standard InChI is InChI=1S/C23H22N4O3/c1-29-17-10-8-15(9-11-17)21-13-20(26-30-21)23(28)27-12-4-5-16(14-27)22-24-18-6-2-3-7-19(18)25-22/h2-3,6-11,13,16H,4-5,12,14H2,1H3,(H,24,25). The highest BCUT2D eigenvalue weighted by molar-refractivity contribution is 5.93. The van der Waals surface area contributed by atoms with Crippen molar-refractivity contribution >= 4 is 16.9 Å². The van der Waals surface area contributed by atoms with Crippen LogP contribution in [0.4, 0.5) is 0 Å². The molecule has 0 bridgehead atoms. The van der Waals surface area contributed by atoms with E-state index in [-0.39, 0.29) is 11.8 Å². The largest absolute Gasteiger partial charge is 0.497 e. The van der Waals surface area contributed by atoms with Crippen molar-refractivity contribution in [2.75, 3.05) is 20.2 Å². The fraction of sp³-hybridized carbons (Fsp3) is 0.261. The molecule has 1 unspecified atom stereocenters. The molecule has 30 heavy (non-hydrogen) atoms. The highest BCUT2D eigenvalue weighted by Crippen LogP contribution is 2.28. The van der Waals surface area contributed by atoms with Gasteiger partial charge in [-0.3, -0.25) is 4.79 Å². The van der Waals surface area contributed by atoms with Gasteiger partial charge in [-0.1, -0.05) is 17.3 Å². The van der Waals surface area contributed by atoms with Gasteiger partial charge in [-0.25, -0.2) is 4.98 Å². The molecule has 0 saturated carbocycles. The summed E-state index contributed by atoms with van der Waals surface area (Å²) in [5, 5.41) is 4.02. The Kier molecular flexibility index (Phi) is 4.71. The van der Waals surface area contributed by atoms with E-state index in [0.29, 0.717) is 24.5 Å². The number of likely N-dealkylation sites (tertiary alicyclic amines) is 1. The maximum absolute atomic E-state index is 13.0. The van der Waals surface area contributed by atoms with Gasteiger partial charge < -0.3 is 19.1 Å². The third-order valence-corrected chi connectivity index (χ3v) is 5.61. The molecule has 0 radical (unpaired) electrons. The Labute approximate surface area is 173 Å². The Bertz CT molecular complexity index is 1150. The molecule has 1 fully saturated rings. The molecular weight excluding hydrogens is 380 g/mol. The predicted octanol–water partition coefficient (Wildman–Crippen LogP) is 4.25. The zero-order valence-electron chi connectivity index (χ0n) is 16.7. The normalized spacial score (nSPS) is 16.7. The number of amides is 1. The summed E-state index contributed by atoms with van der Waals surface area (Å²) in [4.78, 5) is 23.0. The van der Waals surface area contributed by atoms with E-state index < -0.39 is 0 Å². The van der Waals surface area contributed by atoms with Crippen molar-refractivity contribution in [1.82, 2.24) is 20.0 Å². The predicted molar refractivity (Wildman–Crippen MR) is 112 cm³/mol. The number of para-hydroxylation sites is 2. The highest BCUT2D eigenvalue weighted by atomic mass is 16.5. The van der Waals surface area contributed by atoms with Gasteiger partial charge >= 0.3 is 0 Å². The summed E-state index contributed by atoms with van der Waals surface area (Å²) in [6, 6.07) is 17.2. The van der Waals surface area contributed by atoms with Crippen molar-refractivity contribution in [2.24, 2.45) is 0 Å². The number of piperidine rings is 1. The summed E-state index contributed by atoms with van der Waals surface area (Å²) >= 11 is 0. The number of rotatable bonds is 4. The first-order valence-corrected chi connectivity index (χ1v) is 10.1. The van der Waals surface area contributed by atoms with Gasteiger partial charge in [-0.15, -0.1) is 0 Å². The Morgan fingerprint density at radius 1 is 1.20 bits per heavy atom. The lowest BCUT2D eigenvalue weighted by molar-refractivity contribution is 0.0694. The zero-order valence-corrected chi connectivity index (χ0v) is 16.7. The van der Waals surface area contributed by atoms with E-state index in [9.17, 15) is 4.79 Å². The van der Waals surface area contributed by atoms with E-state index in [1.165, 1.54) is 0 Å². The molecule has 1 atom stereocenters. The second kappa shape index (κ2) is 7.67. The Balaban J connectivity index is 1.32. The number of methoxy groups -OCH3 is 1. The average Bonchev–Trinajstić information content (AvgIpc) is 3.46. The number of aromatic nitrogens is 3. The maximum atomic E-state index is 13.0. The van der Waals surface area contributed by atoms with Crippen molar-refractivity contribution in [3.63, 3.8) is 0 Å². The molecule has 7 nitrogen and oxygen atoms in total. The lowest BCUT2D eigenvalue weighted by Gasteiger charge is -2.31. The van der Waals surface area contributed by atoms with Gasteiger partial charge in [0.2, 0.25) is 0 Å². The van der Waals surface area contributed by atoms with Gasteiger partial charge in [-0.2, -0.15) is 0 Å². The molecule has 5 rings (SSSR count). The molecule has 0 spiro atoms. The van der Waals surface area contributed by atoms with E-state index in [2.05, 4.69) is 10.1 Å². The Morgan fingerprint density at radius 3 is 2.83 bits per heavy atom. The number of ether oxygens (including phenoxy) is 1. The van der Waals surface area contributed by atoms with Crippen LogP contribution in [0.25, 0.3) is 22.4 Å². The minimum Gasteiger partial charge on any atom is -0.497 e. The molecule has 1 aliphatic heterocycles. The number of aromatic amines is 1. The second-order valence-electron chi connectivity index (χ2n) is 7.53. The monoisotopic (exact) mass is 402 g/mol. The number of hydrogen-bond acceptors (Lipinski definition) is 5. The lowest BCUT2D eigenvalue weighted by atomic mass is 9.97. The minimum atomic E-state index is -0.112. The summed E-state index contributed by atoms with van der Waals surface area (Å²) in [6.45, 7) is 1.32. The van der Waals surface area contributed by atoms with Crippen LogP contribution in [0.15, 0.2) is 59.1 Å². The van der Waals surface area contributed by atoms with E-state index in [1.54, 1.807) is 13.2 Å². The summed E-state index contributed by atoms with van der Waals surface area (Å²) in [6.07, 6.45) is 1.93. The van der Waals surface area contributed by atoms with Crippen LogP contribution in [0.3, 0.4) is 0 Å². The van der Waals surface area contributed by atoms with E-state index in [1.807, 2.05) is 53.4 Å². The summed E-state index contributed by atoms with van der Waals surface area (Å²) in [7, 11) is 1.62. The minimum absolute atomic E-state index is 0.112. The van der Waals surface area contributed by atoms with Gasteiger partial charge in [0, 0.05) is 30.6 Å². The molecule has 0 aliphatic carbocycles. The first-order valence-electron chi connectivity index (χ1n) is 10.1. The van der Waals surface area contributed by atoms with Gasteiger partial charge in [0.15, 0.2) is 11.5 Å². The summed E-state index contributed by atoms with van der Waals surface area (Å²) in [5.74, 6) is 2.33. The summed E-state index contributed by atoms with van der Waals surface area (Å²) in [5.41, 5.74) is 3.15. The molecule has 7 heteroatoms. The third-order valence-electron chi connectivity index (χ3n) is 5.61. The van der Waals surface area contributed by atoms with Crippen LogP contribution in [-0.2, 0) is 0 Å². The first-order chi connectivity index (χ1) is 14.7. The fourth-order valence-electron chi connectivity index (χ4n) is 3.98. The van der Waals surface area contributed by atoms with Crippen LogP contribution in [0.1, 0.15) is 35.1 Å². The number of nitrogens with one attached hydrogen (secondary N) is 1. The number of hydrogen-bond donors (Lipinski definition) is 1. The Morgan fingerprint density at radius 2 is 2.03 bits per heavy atom. The zero-order chi connectivity index (χ0) is 20.5. The van der Waals surface area contributed by atoms with Gasteiger partial charge in [-0.05, 0) is 49.2 Å². The number of H-pyrrole nitrogens is 1. The smallest absolute Gasteiger partial charge is 0.276 e. The van der Waals surface area contributed by atoms with Crippen LogP contribution in [0, 0.1) is 0 Å². The summed E-state index contributed by atoms with van der Waals surface area (Å²) < 4.78 is 10.6. The molecule has 1 aliphatic rings. The van der Waals surface area contributed by atoms with Gasteiger partial charge in [0.05, 0.1) is 18.1 Å². The molecular formula is C23H22N4O3. The Hall–Kier alpha value is -3.61. The fourth-order valence-corrected chi connectivity index (χ4v) is 3.98. The molecule has 1 amide bonds. The van der Waals surface area contributed by atoms with E-state index in [0.717, 1.165) is 41.0 Å². The first kappa shape index (κ1) is 18.4. The molecule has 2 aromatic carbocycles. The van der Waals surface area contributed by atoms with E-state index >= 15 is 0 Å². The second-order valence-corrected chi connectivity index (χ2v) is 7.53. The molecule has 1 N–H and O–H groups in total. The molecule has 4 aromatic rings. The third kappa shape index (κ3) is 3.43. The van der Waals surface area contributed by atoms with Crippen LogP contribution < -0.4 is 4.74 Å². The molecule has 3 heterocycles. The molecule has 1 saturated heterocycles. The van der Waals surface area contributed by atoms with Gasteiger partial charge in [0.25, 0.3) is 5.91 Å². The number of carbonyl (C=O) groups is 1. The SMILES string of the molecule is COc1ccc(-c2cc(C(=O)N3CCCC(c4nc5ccccc5[nH]4)C3)no2)cc1. The highest BCUT2D eigenvalue weighted by Gasteiger charge is 2.29. The van der Waals surface area contributed by atoms with Crippen LogP contribution in [0.5, 0.6) is 5.75 Å². The van der Waals surface area contributed by atoms with Crippen molar-refractivity contribution in [2.45, 2.75) is 18.8 Å².